The Bertz CT molecular complexity index is 708. The van der Waals surface area contributed by atoms with E-state index in [4.69, 9.17) is 0 Å². The summed E-state index contributed by atoms with van der Waals surface area (Å²) in [5.74, 6) is -0.710. The molecule has 5 nitrogen and oxygen atoms in total. The molecule has 1 aromatic rings. The number of aromatic nitrogens is 1. The van der Waals surface area contributed by atoms with Crippen molar-refractivity contribution in [1.29, 1.82) is 0 Å². The fraction of sp³-hybridized carbons (Fsp3) is 0.714. The van der Waals surface area contributed by atoms with Gasteiger partial charge < -0.3 is 14.6 Å². The second kappa shape index (κ2) is 7.55. The Kier molecular flexibility index (Phi) is 5.56. The van der Waals surface area contributed by atoms with Crippen LogP contribution in [0.1, 0.15) is 63.1 Å². The number of pyridine rings is 1. The Balaban J connectivity index is 1.69. The van der Waals surface area contributed by atoms with Crippen LogP contribution in [0.4, 0.5) is 0 Å². The van der Waals surface area contributed by atoms with E-state index in [1.807, 2.05) is 20.8 Å². The van der Waals surface area contributed by atoms with E-state index in [-0.39, 0.29) is 11.5 Å². The Morgan fingerprint density at radius 1 is 1.27 bits per heavy atom. The van der Waals surface area contributed by atoms with Crippen molar-refractivity contribution in [2.24, 2.45) is 11.3 Å². The molecule has 144 valence electrons. The van der Waals surface area contributed by atoms with E-state index >= 15 is 0 Å². The summed E-state index contributed by atoms with van der Waals surface area (Å²) in [4.78, 5) is 26.6. The minimum Gasteiger partial charge on any atom is -0.480 e. The third-order valence-electron chi connectivity index (χ3n) is 6.19. The fourth-order valence-corrected chi connectivity index (χ4v) is 4.75. The van der Waals surface area contributed by atoms with Gasteiger partial charge in [0.1, 0.15) is 6.04 Å². The Morgan fingerprint density at radius 3 is 2.50 bits per heavy atom. The first-order valence-electron chi connectivity index (χ1n) is 9.96. The number of hydrogen-bond acceptors (Lipinski definition) is 3. The lowest BCUT2D eigenvalue weighted by atomic mass is 9.78. The quantitative estimate of drug-likeness (QED) is 0.811. The normalized spacial score (nSPS) is 20.5. The molecule has 1 spiro atoms. The lowest BCUT2D eigenvalue weighted by molar-refractivity contribution is -0.141. The summed E-state index contributed by atoms with van der Waals surface area (Å²) in [5.41, 5.74) is 2.44. The summed E-state index contributed by atoms with van der Waals surface area (Å²) in [6.45, 7) is 9.32. The van der Waals surface area contributed by atoms with Crippen molar-refractivity contribution in [3.63, 3.8) is 0 Å². The van der Waals surface area contributed by atoms with Gasteiger partial charge in [-0.2, -0.15) is 0 Å². The van der Waals surface area contributed by atoms with Crippen molar-refractivity contribution in [2.45, 2.75) is 65.3 Å². The Labute approximate surface area is 156 Å². The maximum Gasteiger partial charge on any atom is 0.326 e. The molecule has 2 aliphatic rings. The first-order chi connectivity index (χ1) is 12.3. The molecule has 3 rings (SSSR count). The van der Waals surface area contributed by atoms with Gasteiger partial charge >= 0.3 is 5.97 Å². The predicted molar refractivity (Wildman–Crippen MR) is 103 cm³/mol. The highest BCUT2D eigenvalue weighted by Crippen LogP contribution is 2.45. The van der Waals surface area contributed by atoms with Gasteiger partial charge in [0.25, 0.3) is 5.56 Å². The molecule has 1 saturated heterocycles. The van der Waals surface area contributed by atoms with Gasteiger partial charge in [-0.3, -0.25) is 4.79 Å². The number of likely N-dealkylation sites (tertiary alicyclic amines) is 1. The molecule has 26 heavy (non-hydrogen) atoms. The lowest BCUT2D eigenvalue weighted by Gasteiger charge is -2.48. The van der Waals surface area contributed by atoms with Gasteiger partial charge in [0.2, 0.25) is 0 Å². The molecule has 5 heteroatoms. The van der Waals surface area contributed by atoms with Crippen LogP contribution in [-0.2, 0) is 11.2 Å². The summed E-state index contributed by atoms with van der Waals surface area (Å²) >= 11 is 0. The van der Waals surface area contributed by atoms with Gasteiger partial charge in [0.15, 0.2) is 0 Å². The molecule has 1 aliphatic heterocycles. The lowest BCUT2D eigenvalue weighted by Crippen LogP contribution is -2.55. The van der Waals surface area contributed by atoms with Crippen molar-refractivity contribution in [2.75, 3.05) is 19.6 Å². The van der Waals surface area contributed by atoms with E-state index in [1.54, 1.807) is 12.3 Å². The van der Waals surface area contributed by atoms with Crippen LogP contribution in [0.25, 0.3) is 0 Å². The van der Waals surface area contributed by atoms with Crippen LogP contribution >= 0.6 is 0 Å². The summed E-state index contributed by atoms with van der Waals surface area (Å²) in [6, 6.07) is 0.813. The molecule has 1 unspecified atom stereocenters. The highest BCUT2D eigenvalue weighted by molar-refractivity contribution is 5.71. The molecular formula is C21H32N2O3. The van der Waals surface area contributed by atoms with Crippen molar-refractivity contribution in [3.05, 3.63) is 33.7 Å². The van der Waals surface area contributed by atoms with Gasteiger partial charge in [-0.25, -0.2) is 4.79 Å². The molecule has 0 amide bonds. The smallest absolute Gasteiger partial charge is 0.326 e. The zero-order chi connectivity index (χ0) is 18.9. The molecule has 0 radical (unpaired) electrons. The van der Waals surface area contributed by atoms with Crippen LogP contribution in [0.15, 0.2) is 17.1 Å². The van der Waals surface area contributed by atoms with Gasteiger partial charge in [0.05, 0.1) is 0 Å². The van der Waals surface area contributed by atoms with Crippen molar-refractivity contribution >= 4 is 5.97 Å². The number of aliphatic carboxylic acids is 1. The summed E-state index contributed by atoms with van der Waals surface area (Å²) in [5, 5.41) is 9.58. The maximum absolute atomic E-state index is 12.4. The number of hydrogen-bond donors (Lipinski definition) is 1. The van der Waals surface area contributed by atoms with Crippen molar-refractivity contribution in [3.8, 4) is 0 Å². The largest absolute Gasteiger partial charge is 0.480 e. The highest BCUT2D eigenvalue weighted by atomic mass is 16.4. The molecule has 1 aromatic heterocycles. The fourth-order valence-electron chi connectivity index (χ4n) is 4.75. The van der Waals surface area contributed by atoms with E-state index < -0.39 is 12.0 Å². The SMILES string of the molecule is Cc1cc(=O)n(C(CC(C)C)C(=O)O)cc1CCN1CC2(CCCC2)C1. The highest BCUT2D eigenvalue weighted by Gasteiger charge is 2.44. The number of carboxylic acids is 1. The van der Waals surface area contributed by atoms with Crippen LogP contribution in [0.5, 0.6) is 0 Å². The van der Waals surface area contributed by atoms with Crippen LogP contribution in [-0.4, -0.2) is 40.2 Å². The summed E-state index contributed by atoms with van der Waals surface area (Å²) in [6.07, 6.45) is 8.65. The zero-order valence-electron chi connectivity index (χ0n) is 16.3. The van der Waals surface area contributed by atoms with Crippen LogP contribution in [0.2, 0.25) is 0 Å². The molecule has 0 bridgehead atoms. The minimum atomic E-state index is -0.929. The number of nitrogens with zero attached hydrogens (tertiary/aromatic N) is 2. The molecule has 1 atom stereocenters. The van der Waals surface area contributed by atoms with Gasteiger partial charge in [-0.05, 0) is 55.1 Å². The molecular weight excluding hydrogens is 328 g/mol. The molecule has 1 aliphatic carbocycles. The third kappa shape index (κ3) is 4.03. The van der Waals surface area contributed by atoms with Gasteiger partial charge in [-0.15, -0.1) is 0 Å². The first-order valence-corrected chi connectivity index (χ1v) is 9.96. The van der Waals surface area contributed by atoms with Gasteiger partial charge in [0, 0.05) is 31.9 Å². The summed E-state index contributed by atoms with van der Waals surface area (Å²) in [7, 11) is 0. The number of aryl methyl sites for hydroxylation is 1. The topological polar surface area (TPSA) is 62.5 Å². The van der Waals surface area contributed by atoms with Crippen molar-refractivity contribution < 1.29 is 9.90 Å². The Morgan fingerprint density at radius 2 is 1.92 bits per heavy atom. The van der Waals surface area contributed by atoms with Crippen LogP contribution in [0, 0.1) is 18.3 Å². The van der Waals surface area contributed by atoms with E-state index in [1.165, 1.54) is 43.3 Å². The molecule has 2 heterocycles. The first kappa shape index (κ1) is 19.2. The van der Waals surface area contributed by atoms with Crippen LogP contribution < -0.4 is 5.56 Å². The second-order valence-electron chi connectivity index (χ2n) is 8.88. The molecule has 0 aromatic carbocycles. The molecule has 1 saturated carbocycles. The van der Waals surface area contributed by atoms with E-state index in [2.05, 4.69) is 4.90 Å². The maximum atomic E-state index is 12.4. The molecule has 1 N–H and O–H groups in total. The third-order valence-corrected chi connectivity index (χ3v) is 6.19. The Hall–Kier alpha value is -1.62. The van der Waals surface area contributed by atoms with E-state index in [9.17, 15) is 14.7 Å². The monoisotopic (exact) mass is 360 g/mol. The van der Waals surface area contributed by atoms with Gasteiger partial charge in [-0.1, -0.05) is 26.7 Å². The second-order valence-corrected chi connectivity index (χ2v) is 8.88. The standard InChI is InChI=1S/C21H32N2O3/c1-15(2)10-18(20(25)26)23-12-17(16(3)11-19(23)24)6-9-22-13-21(14-22)7-4-5-8-21/h11-12,15,18H,4-10,13-14H2,1-3H3,(H,25,26). The zero-order valence-corrected chi connectivity index (χ0v) is 16.3. The minimum absolute atomic E-state index is 0.215. The van der Waals surface area contributed by atoms with Crippen molar-refractivity contribution in [1.82, 2.24) is 9.47 Å². The summed E-state index contributed by atoms with van der Waals surface area (Å²) < 4.78 is 1.43. The van der Waals surface area contributed by atoms with E-state index in [0.717, 1.165) is 24.1 Å². The number of carbonyl (C=O) groups is 1. The average Bonchev–Trinajstić information content (AvgIpc) is 3.01. The average molecular weight is 360 g/mol. The number of carboxylic acid groups (broad SMARTS) is 1. The van der Waals surface area contributed by atoms with Crippen LogP contribution in [0.3, 0.4) is 0 Å². The predicted octanol–water partition coefficient (Wildman–Crippen LogP) is 3.25. The number of rotatable bonds is 7. The van der Waals surface area contributed by atoms with E-state index in [0.29, 0.717) is 11.8 Å². The molecule has 2 fully saturated rings.